The van der Waals surface area contributed by atoms with Crippen LogP contribution in [-0.2, 0) is 16.0 Å². The fourth-order valence-electron chi connectivity index (χ4n) is 1.53. The molecule has 0 aromatic carbocycles. The minimum Gasteiger partial charge on any atom is -0.462 e. The number of amides is 1. The van der Waals surface area contributed by atoms with E-state index in [0.29, 0.717) is 25.3 Å². The van der Waals surface area contributed by atoms with Gasteiger partial charge in [0.25, 0.3) is 0 Å². The Hall–Kier alpha value is -2.05. The smallest absolute Gasteiger partial charge is 0.407 e. The number of carbonyl (C=O) groups is 2. The van der Waals surface area contributed by atoms with Gasteiger partial charge >= 0.3 is 12.1 Å². The van der Waals surface area contributed by atoms with Crippen molar-refractivity contribution >= 4 is 12.1 Å². The fraction of sp³-hybridized carbons (Fsp3) is 0.500. The second-order valence-electron chi connectivity index (χ2n) is 3.58. The predicted molar refractivity (Wildman–Crippen MR) is 56.5 cm³/mol. The molecule has 92 valence electrons. The highest BCUT2D eigenvalue weighted by Gasteiger charge is 2.23. The lowest BCUT2D eigenvalue weighted by atomic mass is 10.3. The van der Waals surface area contributed by atoms with Gasteiger partial charge in [0, 0.05) is 6.20 Å². The SMILES string of the molecule is CCOC(=O)c1cnn(CC2CNC(=O)O2)c1. The zero-order valence-electron chi connectivity index (χ0n) is 9.38. The Morgan fingerprint density at radius 2 is 2.59 bits per heavy atom. The zero-order chi connectivity index (χ0) is 12.3. The van der Waals surface area contributed by atoms with E-state index in [-0.39, 0.29) is 6.10 Å². The van der Waals surface area contributed by atoms with Crippen molar-refractivity contribution in [3.05, 3.63) is 18.0 Å². The van der Waals surface area contributed by atoms with Gasteiger partial charge in [-0.25, -0.2) is 9.59 Å². The highest BCUT2D eigenvalue weighted by atomic mass is 16.6. The molecule has 1 aromatic heterocycles. The van der Waals surface area contributed by atoms with Crippen molar-refractivity contribution in [3.63, 3.8) is 0 Å². The molecule has 7 heteroatoms. The number of cyclic esters (lactones) is 1. The molecule has 0 aliphatic carbocycles. The van der Waals surface area contributed by atoms with Gasteiger partial charge in [0.1, 0.15) is 6.10 Å². The van der Waals surface area contributed by atoms with E-state index >= 15 is 0 Å². The molecule has 1 aromatic rings. The lowest BCUT2D eigenvalue weighted by Crippen LogP contribution is -2.20. The molecule has 1 aliphatic rings. The normalized spacial score (nSPS) is 18.6. The molecule has 2 heterocycles. The lowest BCUT2D eigenvalue weighted by Gasteiger charge is -2.06. The topological polar surface area (TPSA) is 82.5 Å². The highest BCUT2D eigenvalue weighted by Crippen LogP contribution is 2.05. The van der Waals surface area contributed by atoms with Crippen LogP contribution in [0.5, 0.6) is 0 Å². The molecule has 0 saturated carbocycles. The maximum atomic E-state index is 11.4. The molecular formula is C10H13N3O4. The summed E-state index contributed by atoms with van der Waals surface area (Å²) in [6, 6.07) is 0. The van der Waals surface area contributed by atoms with E-state index in [1.54, 1.807) is 17.8 Å². The number of hydrogen-bond acceptors (Lipinski definition) is 5. The van der Waals surface area contributed by atoms with E-state index in [9.17, 15) is 9.59 Å². The van der Waals surface area contributed by atoms with Crippen LogP contribution in [-0.4, -0.2) is 41.1 Å². The van der Waals surface area contributed by atoms with Crippen LogP contribution in [0.3, 0.4) is 0 Å². The first-order valence-corrected chi connectivity index (χ1v) is 5.33. The predicted octanol–water partition coefficient (Wildman–Crippen LogP) is 0.168. The van der Waals surface area contributed by atoms with Gasteiger partial charge < -0.3 is 14.8 Å². The van der Waals surface area contributed by atoms with Crippen LogP contribution in [0.15, 0.2) is 12.4 Å². The summed E-state index contributed by atoms with van der Waals surface area (Å²) in [4.78, 5) is 22.2. The summed E-state index contributed by atoms with van der Waals surface area (Å²) in [5, 5.41) is 6.55. The van der Waals surface area contributed by atoms with E-state index < -0.39 is 12.1 Å². The van der Waals surface area contributed by atoms with E-state index in [2.05, 4.69) is 10.4 Å². The molecule has 1 unspecified atom stereocenters. The van der Waals surface area contributed by atoms with Crippen LogP contribution in [0.25, 0.3) is 0 Å². The molecule has 0 bridgehead atoms. The number of rotatable bonds is 4. The van der Waals surface area contributed by atoms with Crippen LogP contribution in [0.4, 0.5) is 4.79 Å². The number of ether oxygens (including phenoxy) is 2. The summed E-state index contributed by atoms with van der Waals surface area (Å²) < 4.78 is 11.3. The molecular weight excluding hydrogens is 226 g/mol. The Bertz CT molecular complexity index is 429. The number of alkyl carbamates (subject to hydrolysis) is 1. The molecule has 1 fully saturated rings. The van der Waals surface area contributed by atoms with Crippen molar-refractivity contribution in [2.75, 3.05) is 13.2 Å². The molecule has 1 aliphatic heterocycles. The van der Waals surface area contributed by atoms with Crippen molar-refractivity contribution in [2.45, 2.75) is 19.6 Å². The average molecular weight is 239 g/mol. The number of hydrogen-bond donors (Lipinski definition) is 1. The van der Waals surface area contributed by atoms with Gasteiger partial charge in [0.15, 0.2) is 0 Å². The second-order valence-corrected chi connectivity index (χ2v) is 3.58. The van der Waals surface area contributed by atoms with Crippen LogP contribution >= 0.6 is 0 Å². The van der Waals surface area contributed by atoms with Crippen molar-refractivity contribution in [3.8, 4) is 0 Å². The molecule has 1 atom stereocenters. The first kappa shape index (κ1) is 11.4. The monoisotopic (exact) mass is 239 g/mol. The first-order chi connectivity index (χ1) is 8.19. The Balaban J connectivity index is 1.94. The molecule has 0 radical (unpaired) electrons. The molecule has 2 rings (SSSR count). The minimum atomic E-state index is -0.423. The number of nitrogens with zero attached hydrogens (tertiary/aromatic N) is 2. The van der Waals surface area contributed by atoms with Gasteiger partial charge in [-0.05, 0) is 6.92 Å². The Morgan fingerprint density at radius 3 is 3.24 bits per heavy atom. The molecule has 17 heavy (non-hydrogen) atoms. The summed E-state index contributed by atoms with van der Waals surface area (Å²) in [5.41, 5.74) is 0.393. The van der Waals surface area contributed by atoms with Crippen molar-refractivity contribution in [1.29, 1.82) is 0 Å². The Morgan fingerprint density at radius 1 is 1.76 bits per heavy atom. The van der Waals surface area contributed by atoms with Gasteiger partial charge in [-0.2, -0.15) is 5.10 Å². The molecule has 1 amide bonds. The lowest BCUT2D eigenvalue weighted by molar-refractivity contribution is 0.0526. The average Bonchev–Trinajstić information content (AvgIpc) is 2.89. The van der Waals surface area contributed by atoms with Gasteiger partial charge in [0.05, 0.1) is 31.5 Å². The van der Waals surface area contributed by atoms with E-state index in [0.717, 1.165) is 0 Å². The number of aromatic nitrogens is 2. The summed E-state index contributed by atoms with van der Waals surface area (Å²) in [5.74, 6) is -0.403. The summed E-state index contributed by atoms with van der Waals surface area (Å²) >= 11 is 0. The van der Waals surface area contributed by atoms with Crippen LogP contribution in [0.2, 0.25) is 0 Å². The minimum absolute atomic E-state index is 0.252. The Kier molecular flexibility index (Phi) is 3.27. The standard InChI is InChI=1S/C10H13N3O4/c1-2-16-9(14)7-3-12-13(5-7)6-8-4-11-10(15)17-8/h3,5,8H,2,4,6H2,1H3,(H,11,15). The summed E-state index contributed by atoms with van der Waals surface area (Å²) in [6.07, 6.45) is 2.33. The fourth-order valence-corrected chi connectivity index (χ4v) is 1.53. The first-order valence-electron chi connectivity index (χ1n) is 5.33. The molecule has 1 N–H and O–H groups in total. The molecule has 7 nitrogen and oxygen atoms in total. The maximum absolute atomic E-state index is 11.4. The number of nitrogens with one attached hydrogen (secondary N) is 1. The third kappa shape index (κ3) is 2.74. The third-order valence-electron chi connectivity index (χ3n) is 2.28. The Labute approximate surface area is 97.7 Å². The largest absolute Gasteiger partial charge is 0.462 e. The van der Waals surface area contributed by atoms with Gasteiger partial charge in [-0.15, -0.1) is 0 Å². The number of esters is 1. The van der Waals surface area contributed by atoms with Gasteiger partial charge in [0.2, 0.25) is 0 Å². The van der Waals surface area contributed by atoms with Crippen LogP contribution in [0, 0.1) is 0 Å². The third-order valence-corrected chi connectivity index (χ3v) is 2.28. The van der Waals surface area contributed by atoms with Crippen molar-refractivity contribution in [1.82, 2.24) is 15.1 Å². The van der Waals surface area contributed by atoms with Crippen LogP contribution < -0.4 is 5.32 Å². The zero-order valence-corrected chi connectivity index (χ0v) is 9.38. The summed E-state index contributed by atoms with van der Waals surface area (Å²) in [6.45, 7) is 2.94. The second kappa shape index (κ2) is 4.86. The molecule has 1 saturated heterocycles. The van der Waals surface area contributed by atoms with Gasteiger partial charge in [-0.3, -0.25) is 4.68 Å². The molecule has 0 spiro atoms. The van der Waals surface area contributed by atoms with Crippen LogP contribution in [0.1, 0.15) is 17.3 Å². The van der Waals surface area contributed by atoms with Crippen molar-refractivity contribution < 1.29 is 19.1 Å². The van der Waals surface area contributed by atoms with Gasteiger partial charge in [-0.1, -0.05) is 0 Å². The summed E-state index contributed by atoms with van der Waals surface area (Å²) in [7, 11) is 0. The van der Waals surface area contributed by atoms with E-state index in [1.165, 1.54) is 6.20 Å². The highest BCUT2D eigenvalue weighted by molar-refractivity contribution is 5.88. The van der Waals surface area contributed by atoms with E-state index in [4.69, 9.17) is 9.47 Å². The maximum Gasteiger partial charge on any atom is 0.407 e. The number of carbonyl (C=O) groups excluding carboxylic acids is 2. The van der Waals surface area contributed by atoms with E-state index in [1.807, 2.05) is 0 Å². The van der Waals surface area contributed by atoms with Crippen molar-refractivity contribution in [2.24, 2.45) is 0 Å². The quantitative estimate of drug-likeness (QED) is 0.757.